The standard InChI is InChI=1S/C9H6FN3/c10-8-1-2-13-9(3-8)7-4-11-6-12-5-7/h1-6H. The van der Waals surface area contributed by atoms with E-state index in [1.807, 2.05) is 0 Å². The Balaban J connectivity index is 2.48. The smallest absolute Gasteiger partial charge is 0.126 e. The van der Waals surface area contributed by atoms with E-state index in [4.69, 9.17) is 0 Å². The Hall–Kier alpha value is -1.84. The Morgan fingerprint density at radius 1 is 1.15 bits per heavy atom. The molecule has 13 heavy (non-hydrogen) atoms. The van der Waals surface area contributed by atoms with E-state index in [0.717, 1.165) is 0 Å². The van der Waals surface area contributed by atoms with Crippen molar-refractivity contribution in [3.8, 4) is 11.3 Å². The van der Waals surface area contributed by atoms with Crippen molar-refractivity contribution in [2.45, 2.75) is 0 Å². The fourth-order valence-electron chi connectivity index (χ4n) is 0.994. The predicted molar refractivity (Wildman–Crippen MR) is 45.2 cm³/mol. The molecule has 0 saturated heterocycles. The van der Waals surface area contributed by atoms with Crippen LogP contribution in [0.4, 0.5) is 4.39 Å². The van der Waals surface area contributed by atoms with Crippen LogP contribution < -0.4 is 0 Å². The van der Waals surface area contributed by atoms with Crippen LogP contribution in [0, 0.1) is 5.82 Å². The van der Waals surface area contributed by atoms with E-state index in [1.54, 1.807) is 12.4 Å². The van der Waals surface area contributed by atoms with Crippen LogP contribution >= 0.6 is 0 Å². The third-order valence-corrected chi connectivity index (χ3v) is 1.58. The van der Waals surface area contributed by atoms with Crippen LogP contribution in [0.25, 0.3) is 11.3 Å². The van der Waals surface area contributed by atoms with Crippen LogP contribution in [-0.4, -0.2) is 15.0 Å². The van der Waals surface area contributed by atoms with Crippen molar-refractivity contribution in [3.63, 3.8) is 0 Å². The summed E-state index contributed by atoms with van der Waals surface area (Å²) in [6.45, 7) is 0. The number of pyridine rings is 1. The lowest BCUT2D eigenvalue weighted by molar-refractivity contribution is 0.626. The maximum atomic E-state index is 12.8. The van der Waals surface area contributed by atoms with Gasteiger partial charge in [-0.15, -0.1) is 0 Å². The molecule has 0 aliphatic heterocycles. The van der Waals surface area contributed by atoms with E-state index in [0.29, 0.717) is 11.3 Å². The van der Waals surface area contributed by atoms with Crippen LogP contribution in [0.3, 0.4) is 0 Å². The van der Waals surface area contributed by atoms with Crippen LogP contribution in [0.15, 0.2) is 37.1 Å². The first-order valence-corrected chi connectivity index (χ1v) is 3.73. The first kappa shape index (κ1) is 7.79. The number of aromatic nitrogens is 3. The monoisotopic (exact) mass is 175 g/mol. The molecule has 0 aromatic carbocycles. The summed E-state index contributed by atoms with van der Waals surface area (Å²) in [5.74, 6) is -0.311. The Morgan fingerprint density at radius 2 is 1.92 bits per heavy atom. The van der Waals surface area contributed by atoms with Crippen molar-refractivity contribution in [3.05, 3.63) is 42.9 Å². The van der Waals surface area contributed by atoms with Gasteiger partial charge in [-0.3, -0.25) is 4.98 Å². The zero-order chi connectivity index (χ0) is 9.10. The number of rotatable bonds is 1. The van der Waals surface area contributed by atoms with E-state index >= 15 is 0 Å². The van der Waals surface area contributed by atoms with Crippen LogP contribution in [-0.2, 0) is 0 Å². The first-order chi connectivity index (χ1) is 6.36. The summed E-state index contributed by atoms with van der Waals surface area (Å²) in [4.78, 5) is 11.6. The molecular formula is C9H6FN3. The molecule has 0 aliphatic rings. The average Bonchev–Trinajstić information content (AvgIpc) is 2.19. The normalized spacial score (nSPS) is 9.92. The van der Waals surface area contributed by atoms with Gasteiger partial charge in [-0.1, -0.05) is 0 Å². The lowest BCUT2D eigenvalue weighted by Crippen LogP contribution is -1.86. The molecule has 3 nitrogen and oxygen atoms in total. The molecule has 0 aliphatic carbocycles. The van der Waals surface area contributed by atoms with E-state index in [-0.39, 0.29) is 5.82 Å². The highest BCUT2D eigenvalue weighted by molar-refractivity contribution is 5.55. The van der Waals surface area contributed by atoms with Gasteiger partial charge in [-0.05, 0) is 6.07 Å². The fraction of sp³-hybridized carbons (Fsp3) is 0. The third-order valence-electron chi connectivity index (χ3n) is 1.58. The van der Waals surface area contributed by atoms with Gasteiger partial charge in [0, 0.05) is 30.2 Å². The molecule has 0 unspecified atom stereocenters. The average molecular weight is 175 g/mol. The van der Waals surface area contributed by atoms with Crippen molar-refractivity contribution < 1.29 is 4.39 Å². The maximum absolute atomic E-state index is 12.8. The molecule has 2 heterocycles. The minimum absolute atomic E-state index is 0.311. The van der Waals surface area contributed by atoms with Gasteiger partial charge in [0.2, 0.25) is 0 Å². The van der Waals surface area contributed by atoms with Gasteiger partial charge in [0.25, 0.3) is 0 Å². The summed E-state index contributed by atoms with van der Waals surface area (Å²) < 4.78 is 12.8. The summed E-state index contributed by atoms with van der Waals surface area (Å²) >= 11 is 0. The van der Waals surface area contributed by atoms with E-state index < -0.39 is 0 Å². The number of nitrogens with zero attached hydrogens (tertiary/aromatic N) is 3. The van der Waals surface area contributed by atoms with Crippen molar-refractivity contribution >= 4 is 0 Å². The minimum atomic E-state index is -0.311. The van der Waals surface area contributed by atoms with Crippen molar-refractivity contribution in [2.75, 3.05) is 0 Å². The Labute approximate surface area is 74.3 Å². The summed E-state index contributed by atoms with van der Waals surface area (Å²) in [6.07, 6.45) is 6.02. The number of hydrogen-bond donors (Lipinski definition) is 0. The molecule has 0 bridgehead atoms. The van der Waals surface area contributed by atoms with Gasteiger partial charge in [0.05, 0.1) is 5.69 Å². The van der Waals surface area contributed by atoms with Crippen molar-refractivity contribution in [1.29, 1.82) is 0 Å². The Bertz CT molecular complexity index is 403. The van der Waals surface area contributed by atoms with Crippen molar-refractivity contribution in [1.82, 2.24) is 15.0 Å². The van der Waals surface area contributed by atoms with E-state index in [2.05, 4.69) is 15.0 Å². The molecular weight excluding hydrogens is 169 g/mol. The topological polar surface area (TPSA) is 38.7 Å². The SMILES string of the molecule is Fc1ccnc(-c2cncnc2)c1. The van der Waals surface area contributed by atoms with Gasteiger partial charge in [0.1, 0.15) is 12.1 Å². The highest BCUT2D eigenvalue weighted by Crippen LogP contribution is 2.13. The number of halogens is 1. The molecule has 0 fully saturated rings. The predicted octanol–water partition coefficient (Wildman–Crippen LogP) is 1.68. The largest absolute Gasteiger partial charge is 0.256 e. The third kappa shape index (κ3) is 1.66. The highest BCUT2D eigenvalue weighted by Gasteiger charge is 1.99. The second kappa shape index (κ2) is 3.26. The molecule has 0 spiro atoms. The minimum Gasteiger partial charge on any atom is -0.256 e. The maximum Gasteiger partial charge on any atom is 0.126 e. The second-order valence-electron chi connectivity index (χ2n) is 2.49. The molecule has 2 rings (SSSR count). The van der Waals surface area contributed by atoms with Gasteiger partial charge >= 0.3 is 0 Å². The zero-order valence-corrected chi connectivity index (χ0v) is 6.68. The number of hydrogen-bond acceptors (Lipinski definition) is 3. The zero-order valence-electron chi connectivity index (χ0n) is 6.68. The quantitative estimate of drug-likeness (QED) is 0.661. The molecule has 0 N–H and O–H groups in total. The molecule has 2 aromatic heterocycles. The first-order valence-electron chi connectivity index (χ1n) is 3.73. The molecule has 0 radical (unpaired) electrons. The Kier molecular flexibility index (Phi) is 1.96. The van der Waals surface area contributed by atoms with Crippen LogP contribution in [0.2, 0.25) is 0 Å². The highest BCUT2D eigenvalue weighted by atomic mass is 19.1. The molecule has 0 saturated carbocycles. The van der Waals surface area contributed by atoms with Crippen molar-refractivity contribution in [2.24, 2.45) is 0 Å². The van der Waals surface area contributed by atoms with Gasteiger partial charge < -0.3 is 0 Å². The molecule has 4 heteroatoms. The molecule has 0 amide bonds. The van der Waals surface area contributed by atoms with Gasteiger partial charge in [-0.25, -0.2) is 14.4 Å². The fourth-order valence-corrected chi connectivity index (χ4v) is 0.994. The van der Waals surface area contributed by atoms with Gasteiger partial charge in [0.15, 0.2) is 0 Å². The Morgan fingerprint density at radius 3 is 2.62 bits per heavy atom. The molecule has 0 atom stereocenters. The van der Waals surface area contributed by atoms with Crippen LogP contribution in [0.1, 0.15) is 0 Å². The molecule has 64 valence electrons. The lowest BCUT2D eigenvalue weighted by Gasteiger charge is -1.97. The summed E-state index contributed by atoms with van der Waals surface area (Å²) in [5.41, 5.74) is 1.25. The van der Waals surface area contributed by atoms with Gasteiger partial charge in [-0.2, -0.15) is 0 Å². The van der Waals surface area contributed by atoms with E-state index in [9.17, 15) is 4.39 Å². The molecule has 2 aromatic rings. The van der Waals surface area contributed by atoms with Crippen LogP contribution in [0.5, 0.6) is 0 Å². The summed E-state index contributed by atoms with van der Waals surface area (Å²) in [7, 11) is 0. The summed E-state index contributed by atoms with van der Waals surface area (Å²) in [5, 5.41) is 0. The lowest BCUT2D eigenvalue weighted by atomic mass is 10.2. The second-order valence-corrected chi connectivity index (χ2v) is 2.49. The van der Waals surface area contributed by atoms with E-state index in [1.165, 1.54) is 24.7 Å². The summed E-state index contributed by atoms with van der Waals surface area (Å²) in [6, 6.07) is 2.64.